The van der Waals surface area contributed by atoms with Gasteiger partial charge in [0.25, 0.3) is 0 Å². The molecule has 0 N–H and O–H groups in total. The van der Waals surface area contributed by atoms with Gasteiger partial charge >= 0.3 is 6.18 Å². The normalized spacial score (nSPS) is 27.2. The fraction of sp³-hybridized carbons (Fsp3) is 0.636. The average molecular weight is 469 g/mol. The Morgan fingerprint density at radius 2 is 1.84 bits per heavy atom. The third-order valence-corrected chi connectivity index (χ3v) is 5.22. The predicted molar refractivity (Wildman–Crippen MR) is 115 cm³/mol. The summed E-state index contributed by atoms with van der Waals surface area (Å²) in [5.41, 5.74) is 0.368. The highest BCUT2D eigenvalue weighted by Gasteiger charge is 2.34. The molecule has 0 spiro atoms. The van der Waals surface area contributed by atoms with Gasteiger partial charge in [0.1, 0.15) is 17.3 Å². The van der Waals surface area contributed by atoms with Crippen LogP contribution in [0.3, 0.4) is 0 Å². The number of hydrogen-bond donors (Lipinski definition) is 0. The van der Waals surface area contributed by atoms with Crippen LogP contribution in [0.15, 0.2) is 24.3 Å². The van der Waals surface area contributed by atoms with Gasteiger partial charge in [0, 0.05) is 46.7 Å². The van der Waals surface area contributed by atoms with Crippen molar-refractivity contribution in [3.05, 3.63) is 24.3 Å². The number of alkyl halides is 3. The van der Waals surface area contributed by atoms with E-state index >= 15 is 0 Å². The van der Waals surface area contributed by atoms with Crippen LogP contribution >= 0.6 is 12.4 Å². The van der Waals surface area contributed by atoms with Gasteiger partial charge in [0.2, 0.25) is 0 Å². The van der Waals surface area contributed by atoms with Crippen molar-refractivity contribution in [2.24, 2.45) is 11.8 Å². The van der Waals surface area contributed by atoms with E-state index in [0.717, 1.165) is 4.90 Å². The van der Waals surface area contributed by atoms with Crippen molar-refractivity contribution in [1.29, 1.82) is 0 Å². The van der Waals surface area contributed by atoms with Gasteiger partial charge in [0.15, 0.2) is 6.61 Å². The second kappa shape index (κ2) is 11.2. The van der Waals surface area contributed by atoms with Crippen molar-refractivity contribution in [3.8, 4) is 5.75 Å². The number of ketones is 2. The lowest BCUT2D eigenvalue weighted by Gasteiger charge is -2.37. The topological polar surface area (TPSA) is 49.9 Å². The van der Waals surface area contributed by atoms with Crippen LogP contribution in [0.5, 0.6) is 5.75 Å². The minimum Gasteiger partial charge on any atom is -0.482 e. The van der Waals surface area contributed by atoms with E-state index in [2.05, 4.69) is 0 Å². The summed E-state index contributed by atoms with van der Waals surface area (Å²) in [6.45, 7) is -2.79. The molecule has 1 saturated carbocycles. The molecule has 1 heterocycles. The molecule has 174 valence electrons. The Labute approximate surface area is 195 Å². The zero-order valence-corrected chi connectivity index (χ0v) is 17.9. The third kappa shape index (κ3) is 7.10. The number of ether oxygens (including phenoxy) is 1. The summed E-state index contributed by atoms with van der Waals surface area (Å²) < 4.78 is 93.5. The Morgan fingerprint density at radius 1 is 1.16 bits per heavy atom. The molecule has 9 heteroatoms. The lowest BCUT2D eigenvalue weighted by molar-refractivity contribution is -0.153. The lowest BCUT2D eigenvalue weighted by Crippen LogP contribution is -2.47. The number of hydrogen-bond acceptors (Lipinski definition) is 5. The first kappa shape index (κ1) is 17.7. The van der Waals surface area contributed by atoms with Crippen molar-refractivity contribution in [2.75, 3.05) is 44.2 Å². The number of halogens is 4. The standard InChI is InChI=1S/C22H29F3N2O3.ClH/c1-16-8-9-19(28)17(21(16)29)5-4-10-26-11-13-27(14-12-26)18-6-2-3-7-20(18)30-15-22(23,24)25;/h2-3,6-7,16-17H,4-5,8-15H2,1H3;1H/i4D2,5D2,10D2;. The molecular formula is C22H30ClF3N2O3. The number of piperazine rings is 1. The first-order valence-electron chi connectivity index (χ1n) is 12.9. The molecule has 1 aromatic rings. The van der Waals surface area contributed by atoms with Crippen LogP contribution < -0.4 is 9.64 Å². The van der Waals surface area contributed by atoms with E-state index < -0.39 is 55.4 Å². The number of Topliss-reactive ketones (excluding diaryl/α,β-unsaturated/α-hetero) is 2. The van der Waals surface area contributed by atoms with E-state index in [0.29, 0.717) is 5.69 Å². The predicted octanol–water partition coefficient (Wildman–Crippen LogP) is 4.14. The van der Waals surface area contributed by atoms with Crippen molar-refractivity contribution >= 4 is 29.7 Å². The van der Waals surface area contributed by atoms with Crippen LogP contribution in [0.1, 0.15) is 40.7 Å². The van der Waals surface area contributed by atoms with Crippen molar-refractivity contribution in [2.45, 2.75) is 38.7 Å². The second-order valence-corrected chi connectivity index (χ2v) is 7.47. The summed E-state index contributed by atoms with van der Waals surface area (Å²) in [4.78, 5) is 27.8. The first-order chi connectivity index (χ1) is 16.5. The van der Waals surface area contributed by atoms with Gasteiger partial charge in [-0.25, -0.2) is 0 Å². The second-order valence-electron chi connectivity index (χ2n) is 7.47. The van der Waals surface area contributed by atoms with E-state index in [-0.39, 0.29) is 57.2 Å². The molecule has 2 aliphatic rings. The van der Waals surface area contributed by atoms with Gasteiger partial charge < -0.3 is 9.64 Å². The summed E-state index contributed by atoms with van der Waals surface area (Å²) >= 11 is 0. The zero-order chi connectivity index (χ0) is 27.1. The highest BCUT2D eigenvalue weighted by Crippen LogP contribution is 2.31. The molecule has 0 radical (unpaired) electrons. The Bertz CT molecular complexity index is 991. The van der Waals surface area contributed by atoms with Crippen LogP contribution in [-0.4, -0.2) is 61.9 Å². The number of nitrogens with zero attached hydrogens (tertiary/aromatic N) is 2. The zero-order valence-electron chi connectivity index (χ0n) is 23.1. The summed E-state index contributed by atoms with van der Waals surface area (Å²) in [6, 6.07) is 6.09. The first-order valence-corrected chi connectivity index (χ1v) is 9.85. The smallest absolute Gasteiger partial charge is 0.422 e. The number of carbonyl (C=O) groups is 2. The number of rotatable bonds is 7. The van der Waals surface area contributed by atoms with E-state index in [1.807, 2.05) is 0 Å². The fourth-order valence-electron chi connectivity index (χ4n) is 3.48. The highest BCUT2D eigenvalue weighted by atomic mass is 35.5. The third-order valence-electron chi connectivity index (χ3n) is 5.22. The number of carbonyl (C=O) groups excluding carboxylic acids is 2. The summed E-state index contributed by atoms with van der Waals surface area (Å²) in [7, 11) is 0. The Balaban J connectivity index is 0.00000481. The molecule has 1 aliphatic carbocycles. The van der Waals surface area contributed by atoms with Crippen LogP contribution in [0.2, 0.25) is 0 Å². The molecule has 5 nitrogen and oxygen atoms in total. The van der Waals surface area contributed by atoms with Gasteiger partial charge in [-0.05, 0) is 37.8 Å². The van der Waals surface area contributed by atoms with E-state index in [4.69, 9.17) is 13.0 Å². The molecule has 0 aromatic heterocycles. The molecule has 1 aliphatic heterocycles. The quantitative estimate of drug-likeness (QED) is 0.563. The van der Waals surface area contributed by atoms with Crippen molar-refractivity contribution in [3.63, 3.8) is 0 Å². The van der Waals surface area contributed by atoms with Crippen molar-refractivity contribution in [1.82, 2.24) is 4.90 Å². The number of para-hydroxylation sites is 2. The molecule has 1 aromatic carbocycles. The van der Waals surface area contributed by atoms with Crippen LogP contribution in [0.25, 0.3) is 0 Å². The maximum atomic E-state index is 12.6. The number of benzene rings is 1. The lowest BCUT2D eigenvalue weighted by atomic mass is 9.78. The van der Waals surface area contributed by atoms with Gasteiger partial charge in [-0.2, -0.15) is 13.2 Å². The largest absolute Gasteiger partial charge is 0.482 e. The SMILES string of the molecule is Cl.[2H]C([2H])(C1C(=O)CCC(C)C1=O)C([2H])([2H])C([2H])([2H])N1CCN(c2ccccc2OCC(F)(F)F)CC1. The molecule has 3 rings (SSSR count). The summed E-state index contributed by atoms with van der Waals surface area (Å²) in [5, 5.41) is 0. The van der Waals surface area contributed by atoms with E-state index in [9.17, 15) is 22.8 Å². The Kier molecular flexibility index (Phi) is 6.39. The Hall–Kier alpha value is -1.80. The molecule has 0 bridgehead atoms. The molecule has 2 atom stereocenters. The van der Waals surface area contributed by atoms with E-state index in [1.54, 1.807) is 17.0 Å². The van der Waals surface area contributed by atoms with Crippen LogP contribution in [0, 0.1) is 11.8 Å². The van der Waals surface area contributed by atoms with Crippen LogP contribution in [0.4, 0.5) is 18.9 Å². The fourth-order valence-corrected chi connectivity index (χ4v) is 3.48. The molecule has 31 heavy (non-hydrogen) atoms. The maximum Gasteiger partial charge on any atom is 0.422 e. The highest BCUT2D eigenvalue weighted by molar-refractivity contribution is 6.05. The van der Waals surface area contributed by atoms with Gasteiger partial charge in [-0.3, -0.25) is 14.5 Å². The molecule has 2 fully saturated rings. The van der Waals surface area contributed by atoms with E-state index in [1.165, 1.54) is 19.1 Å². The van der Waals surface area contributed by atoms with Crippen molar-refractivity contribution < 1.29 is 35.7 Å². The van der Waals surface area contributed by atoms with Gasteiger partial charge in [-0.15, -0.1) is 12.4 Å². The maximum absolute atomic E-state index is 12.6. The Morgan fingerprint density at radius 3 is 2.52 bits per heavy atom. The molecular weight excluding hydrogens is 433 g/mol. The summed E-state index contributed by atoms with van der Waals surface area (Å²) in [5.74, 6) is -3.99. The minimum atomic E-state index is -4.52. The van der Waals surface area contributed by atoms with Gasteiger partial charge in [0.05, 0.1) is 11.6 Å². The van der Waals surface area contributed by atoms with Gasteiger partial charge in [-0.1, -0.05) is 19.1 Å². The summed E-state index contributed by atoms with van der Waals surface area (Å²) in [6.07, 6.45) is -10.7. The van der Waals surface area contributed by atoms with Crippen LogP contribution in [-0.2, 0) is 9.59 Å². The molecule has 0 amide bonds. The average Bonchev–Trinajstić information content (AvgIpc) is 2.80. The molecule has 2 unspecified atom stereocenters. The molecule has 1 saturated heterocycles. The number of anilines is 1. The monoisotopic (exact) mass is 468 g/mol. The minimum absolute atomic E-state index is 0.